The van der Waals surface area contributed by atoms with Crippen molar-refractivity contribution in [3.63, 3.8) is 0 Å². The fourth-order valence-corrected chi connectivity index (χ4v) is 3.86. The summed E-state index contributed by atoms with van der Waals surface area (Å²) >= 11 is 0. The molecule has 1 N–H and O–H groups in total. The van der Waals surface area contributed by atoms with Crippen LogP contribution in [0.1, 0.15) is 12.0 Å². The van der Waals surface area contributed by atoms with Gasteiger partial charge >= 0.3 is 6.03 Å². The molecule has 0 aliphatic carbocycles. The van der Waals surface area contributed by atoms with E-state index >= 15 is 0 Å². The van der Waals surface area contributed by atoms with Gasteiger partial charge in [0.05, 0.1) is 11.4 Å². The Labute approximate surface area is 155 Å². The van der Waals surface area contributed by atoms with E-state index in [1.165, 1.54) is 16.9 Å². The van der Waals surface area contributed by atoms with Crippen molar-refractivity contribution in [2.45, 2.75) is 13.0 Å². The van der Waals surface area contributed by atoms with Crippen LogP contribution in [-0.2, 0) is 6.54 Å². The van der Waals surface area contributed by atoms with Gasteiger partial charge in [0.25, 0.3) is 0 Å². The zero-order valence-corrected chi connectivity index (χ0v) is 15.1. The molecule has 0 spiro atoms. The number of nitrogens with zero attached hydrogens (tertiary/aromatic N) is 3. The number of carbonyl (C=O) groups excluding carboxylic acids is 1. The minimum absolute atomic E-state index is 0.0683. The molecule has 4 rings (SSSR count). The topological polar surface area (TPSA) is 38.8 Å². The number of rotatable bonds is 5. The largest absolute Gasteiger partial charge is 0.368 e. The highest BCUT2D eigenvalue weighted by Gasteiger charge is 2.23. The summed E-state index contributed by atoms with van der Waals surface area (Å²) in [5, 5.41) is 2.88. The quantitative estimate of drug-likeness (QED) is 0.901. The molecule has 2 aromatic carbocycles. The van der Waals surface area contributed by atoms with Gasteiger partial charge in [-0.1, -0.05) is 42.5 Å². The van der Waals surface area contributed by atoms with E-state index in [-0.39, 0.29) is 6.03 Å². The maximum absolute atomic E-state index is 11.8. The normalized spacial score (nSPS) is 17.1. The van der Waals surface area contributed by atoms with E-state index in [0.29, 0.717) is 0 Å². The van der Waals surface area contributed by atoms with E-state index < -0.39 is 0 Å². The van der Waals surface area contributed by atoms with Crippen molar-refractivity contribution in [3.8, 4) is 0 Å². The first kappa shape index (κ1) is 16.8. The fourth-order valence-electron chi connectivity index (χ4n) is 3.86. The minimum atomic E-state index is 0.0683. The molecule has 2 heterocycles. The standard InChI is InChI=1S/C21H26N4O/c26-21-22-11-14-24(21)16-15-23-12-6-13-25(17-18-7-2-1-3-8-18)20-10-5-4-9-19(20)23/h1-5,7-10H,6,11-17H2,(H,22,26). The van der Waals surface area contributed by atoms with Crippen LogP contribution in [-0.4, -0.2) is 50.2 Å². The van der Waals surface area contributed by atoms with Gasteiger partial charge in [0.1, 0.15) is 0 Å². The lowest BCUT2D eigenvalue weighted by Gasteiger charge is -2.29. The van der Waals surface area contributed by atoms with Crippen LogP contribution < -0.4 is 15.1 Å². The summed E-state index contributed by atoms with van der Waals surface area (Å²) < 4.78 is 0. The van der Waals surface area contributed by atoms with Crippen LogP contribution in [0.25, 0.3) is 0 Å². The van der Waals surface area contributed by atoms with Crippen molar-refractivity contribution in [2.24, 2.45) is 0 Å². The van der Waals surface area contributed by atoms with Crippen LogP contribution in [0.4, 0.5) is 16.2 Å². The Morgan fingerprint density at radius 3 is 2.15 bits per heavy atom. The molecule has 1 fully saturated rings. The molecule has 2 amide bonds. The second-order valence-corrected chi connectivity index (χ2v) is 6.96. The molecule has 136 valence electrons. The van der Waals surface area contributed by atoms with Gasteiger partial charge in [-0.05, 0) is 24.1 Å². The Morgan fingerprint density at radius 1 is 0.769 bits per heavy atom. The molecule has 0 radical (unpaired) electrons. The molecule has 2 aromatic rings. The van der Waals surface area contributed by atoms with Crippen LogP contribution in [0.15, 0.2) is 54.6 Å². The second kappa shape index (κ2) is 7.68. The van der Waals surface area contributed by atoms with Crippen molar-refractivity contribution < 1.29 is 4.79 Å². The van der Waals surface area contributed by atoms with Crippen molar-refractivity contribution in [1.29, 1.82) is 0 Å². The molecular formula is C21H26N4O. The summed E-state index contributed by atoms with van der Waals surface area (Å²) in [7, 11) is 0. The molecule has 0 atom stereocenters. The van der Waals surface area contributed by atoms with E-state index in [9.17, 15) is 4.79 Å². The van der Waals surface area contributed by atoms with Crippen LogP contribution in [0, 0.1) is 0 Å². The summed E-state index contributed by atoms with van der Waals surface area (Å²) in [6.45, 7) is 6.24. The first-order valence-corrected chi connectivity index (χ1v) is 9.47. The van der Waals surface area contributed by atoms with Crippen LogP contribution >= 0.6 is 0 Å². The summed E-state index contributed by atoms with van der Waals surface area (Å²) in [6, 6.07) is 19.4. The third-order valence-electron chi connectivity index (χ3n) is 5.22. The van der Waals surface area contributed by atoms with Gasteiger partial charge in [-0.15, -0.1) is 0 Å². The molecule has 5 heteroatoms. The summed E-state index contributed by atoms with van der Waals surface area (Å²) in [5.74, 6) is 0. The molecule has 0 unspecified atom stereocenters. The molecule has 5 nitrogen and oxygen atoms in total. The molecule has 2 aliphatic heterocycles. The van der Waals surface area contributed by atoms with Crippen molar-refractivity contribution >= 4 is 17.4 Å². The SMILES string of the molecule is O=C1NCCN1CCN1CCCN(Cc2ccccc2)c2ccccc21. The first-order valence-electron chi connectivity index (χ1n) is 9.47. The van der Waals surface area contributed by atoms with Gasteiger partial charge in [-0.25, -0.2) is 4.79 Å². The lowest BCUT2D eigenvalue weighted by Crippen LogP contribution is -2.37. The Kier molecular flexibility index (Phi) is 4.95. The maximum atomic E-state index is 11.8. The molecule has 26 heavy (non-hydrogen) atoms. The van der Waals surface area contributed by atoms with Crippen LogP contribution in [0.2, 0.25) is 0 Å². The van der Waals surface area contributed by atoms with E-state index in [1.54, 1.807) is 0 Å². The lowest BCUT2D eigenvalue weighted by atomic mass is 10.1. The second-order valence-electron chi connectivity index (χ2n) is 6.96. The van der Waals surface area contributed by atoms with Gasteiger partial charge in [0.2, 0.25) is 0 Å². The zero-order valence-electron chi connectivity index (χ0n) is 15.1. The number of hydrogen-bond donors (Lipinski definition) is 1. The first-order chi connectivity index (χ1) is 12.8. The Balaban J connectivity index is 1.51. The monoisotopic (exact) mass is 350 g/mol. The summed E-state index contributed by atoms with van der Waals surface area (Å²) in [5.41, 5.74) is 3.91. The number of para-hydroxylation sites is 2. The highest BCUT2D eigenvalue weighted by Crippen LogP contribution is 2.33. The predicted octanol–water partition coefficient (Wildman–Crippen LogP) is 2.93. The van der Waals surface area contributed by atoms with Gasteiger partial charge < -0.3 is 20.0 Å². The van der Waals surface area contributed by atoms with Crippen LogP contribution in [0.5, 0.6) is 0 Å². The molecule has 0 saturated carbocycles. The van der Waals surface area contributed by atoms with E-state index in [4.69, 9.17) is 0 Å². The number of hydrogen-bond acceptors (Lipinski definition) is 3. The summed E-state index contributed by atoms with van der Waals surface area (Å²) in [6.07, 6.45) is 1.12. The molecule has 1 saturated heterocycles. The minimum Gasteiger partial charge on any atom is -0.368 e. The predicted molar refractivity (Wildman–Crippen MR) is 106 cm³/mol. The number of nitrogens with one attached hydrogen (secondary N) is 1. The number of amides is 2. The lowest BCUT2D eigenvalue weighted by molar-refractivity contribution is 0.218. The molecule has 0 bridgehead atoms. The Bertz CT molecular complexity index is 749. The average molecular weight is 350 g/mol. The Morgan fingerprint density at radius 2 is 1.42 bits per heavy atom. The average Bonchev–Trinajstić information content (AvgIpc) is 3.01. The number of benzene rings is 2. The number of anilines is 2. The van der Waals surface area contributed by atoms with Gasteiger partial charge in [-0.3, -0.25) is 0 Å². The van der Waals surface area contributed by atoms with Crippen LogP contribution in [0.3, 0.4) is 0 Å². The number of urea groups is 1. The van der Waals surface area contributed by atoms with Crippen molar-refractivity contribution in [1.82, 2.24) is 10.2 Å². The Hall–Kier alpha value is -2.69. The smallest absolute Gasteiger partial charge is 0.317 e. The van der Waals surface area contributed by atoms with E-state index in [1.807, 2.05) is 4.90 Å². The third-order valence-corrected chi connectivity index (χ3v) is 5.22. The fraction of sp³-hybridized carbons (Fsp3) is 0.381. The summed E-state index contributed by atoms with van der Waals surface area (Å²) in [4.78, 5) is 18.6. The van der Waals surface area contributed by atoms with E-state index in [2.05, 4.69) is 69.7 Å². The van der Waals surface area contributed by atoms with Crippen molar-refractivity contribution in [2.75, 3.05) is 49.1 Å². The van der Waals surface area contributed by atoms with Crippen molar-refractivity contribution in [3.05, 3.63) is 60.2 Å². The number of carbonyl (C=O) groups is 1. The molecule has 2 aliphatic rings. The third kappa shape index (κ3) is 3.62. The molecule has 0 aromatic heterocycles. The molecular weight excluding hydrogens is 324 g/mol. The maximum Gasteiger partial charge on any atom is 0.317 e. The van der Waals surface area contributed by atoms with E-state index in [0.717, 1.165) is 52.2 Å². The van der Waals surface area contributed by atoms with Gasteiger partial charge in [0, 0.05) is 45.8 Å². The highest BCUT2D eigenvalue weighted by atomic mass is 16.2. The van der Waals surface area contributed by atoms with Gasteiger partial charge in [0.15, 0.2) is 0 Å². The number of fused-ring (bicyclic) bond motifs is 1. The zero-order chi connectivity index (χ0) is 17.8. The van der Waals surface area contributed by atoms with Gasteiger partial charge in [-0.2, -0.15) is 0 Å². The highest BCUT2D eigenvalue weighted by molar-refractivity contribution is 5.76.